The first-order valence-corrected chi connectivity index (χ1v) is 6.84. The van der Waals surface area contributed by atoms with Crippen molar-refractivity contribution in [2.24, 2.45) is 0 Å². The molecule has 2 rings (SSSR count). The van der Waals surface area contributed by atoms with Crippen LogP contribution in [0.5, 0.6) is 0 Å². The molecule has 0 bridgehead atoms. The van der Waals surface area contributed by atoms with Crippen LogP contribution in [0.1, 0.15) is 15.9 Å². The number of hydrogen-bond donors (Lipinski definition) is 1. The second-order valence-electron chi connectivity index (χ2n) is 4.24. The predicted octanol–water partition coefficient (Wildman–Crippen LogP) is 3.70. The maximum Gasteiger partial charge on any atom is 0.254 e. The summed E-state index contributed by atoms with van der Waals surface area (Å²) in [4.78, 5) is 11.8. The Hall–Kier alpha value is -1.75. The summed E-state index contributed by atoms with van der Waals surface area (Å²) in [6.07, 6.45) is 0.630. The highest BCUT2D eigenvalue weighted by atomic mass is 79.9. The molecule has 0 saturated heterocycles. The fourth-order valence-corrected chi connectivity index (χ4v) is 2.21. The van der Waals surface area contributed by atoms with Crippen LogP contribution in [0.4, 0.5) is 8.78 Å². The van der Waals surface area contributed by atoms with E-state index in [1.54, 1.807) is 0 Å². The number of benzene rings is 2. The van der Waals surface area contributed by atoms with Crippen molar-refractivity contribution in [3.63, 3.8) is 0 Å². The quantitative estimate of drug-likeness (QED) is 0.845. The highest BCUT2D eigenvalue weighted by Gasteiger charge is 2.16. The molecular weight excluding hydrogens is 328 g/mol. The molecule has 0 heterocycles. The largest absolute Gasteiger partial charge is 0.352 e. The molecule has 0 unspecified atom stereocenters. The maximum absolute atomic E-state index is 13.5. The molecule has 0 atom stereocenters. The van der Waals surface area contributed by atoms with Crippen LogP contribution in [0.25, 0.3) is 0 Å². The molecule has 20 heavy (non-hydrogen) atoms. The Morgan fingerprint density at radius 2 is 1.85 bits per heavy atom. The van der Waals surface area contributed by atoms with Crippen molar-refractivity contribution in [2.75, 3.05) is 6.54 Å². The van der Waals surface area contributed by atoms with Gasteiger partial charge in [0, 0.05) is 11.0 Å². The van der Waals surface area contributed by atoms with Gasteiger partial charge in [0.15, 0.2) is 11.6 Å². The Balaban J connectivity index is 1.99. The Labute approximate surface area is 123 Å². The maximum atomic E-state index is 13.5. The normalized spacial score (nSPS) is 10.3. The second kappa shape index (κ2) is 6.61. The van der Waals surface area contributed by atoms with E-state index in [9.17, 15) is 13.6 Å². The molecule has 2 aromatic carbocycles. The molecule has 2 nitrogen and oxygen atoms in total. The standard InChI is InChI=1S/C15H12BrF2NO/c16-11-8-12(14(18)13(17)9-11)15(20)19-7-6-10-4-2-1-3-5-10/h1-5,8-9H,6-7H2,(H,19,20). The van der Waals surface area contributed by atoms with Crippen molar-refractivity contribution in [3.8, 4) is 0 Å². The summed E-state index contributed by atoms with van der Waals surface area (Å²) in [7, 11) is 0. The second-order valence-corrected chi connectivity index (χ2v) is 5.16. The van der Waals surface area contributed by atoms with Gasteiger partial charge in [-0.25, -0.2) is 8.78 Å². The monoisotopic (exact) mass is 339 g/mol. The van der Waals surface area contributed by atoms with Crippen LogP contribution >= 0.6 is 15.9 Å². The molecule has 104 valence electrons. The van der Waals surface area contributed by atoms with Gasteiger partial charge >= 0.3 is 0 Å². The average Bonchev–Trinajstić information content (AvgIpc) is 2.44. The lowest BCUT2D eigenvalue weighted by atomic mass is 10.1. The predicted molar refractivity (Wildman–Crippen MR) is 76.5 cm³/mol. The van der Waals surface area contributed by atoms with Crippen LogP contribution in [0.3, 0.4) is 0 Å². The van der Waals surface area contributed by atoms with Gasteiger partial charge < -0.3 is 5.32 Å². The smallest absolute Gasteiger partial charge is 0.254 e. The number of carbonyl (C=O) groups is 1. The summed E-state index contributed by atoms with van der Waals surface area (Å²) in [5.74, 6) is -2.81. The zero-order chi connectivity index (χ0) is 14.5. The first-order valence-electron chi connectivity index (χ1n) is 6.04. The van der Waals surface area contributed by atoms with E-state index in [2.05, 4.69) is 21.2 Å². The van der Waals surface area contributed by atoms with Gasteiger partial charge in [-0.05, 0) is 24.1 Å². The number of hydrogen-bond acceptors (Lipinski definition) is 1. The Kier molecular flexibility index (Phi) is 4.84. The summed E-state index contributed by atoms with van der Waals surface area (Å²) in [5.41, 5.74) is 0.763. The summed E-state index contributed by atoms with van der Waals surface area (Å²) in [6, 6.07) is 11.8. The molecule has 0 aliphatic heterocycles. The summed E-state index contributed by atoms with van der Waals surface area (Å²) in [6.45, 7) is 0.358. The van der Waals surface area contributed by atoms with Crippen LogP contribution in [0.2, 0.25) is 0 Å². The Bertz CT molecular complexity index is 617. The number of amides is 1. The molecule has 0 spiro atoms. The van der Waals surface area contributed by atoms with Gasteiger partial charge in [-0.1, -0.05) is 46.3 Å². The fraction of sp³-hybridized carbons (Fsp3) is 0.133. The number of carbonyl (C=O) groups excluding carboxylic acids is 1. The average molecular weight is 340 g/mol. The highest BCUT2D eigenvalue weighted by Crippen LogP contribution is 2.19. The third kappa shape index (κ3) is 3.63. The van der Waals surface area contributed by atoms with Crippen molar-refractivity contribution in [1.29, 1.82) is 0 Å². The molecule has 0 aliphatic carbocycles. The fourth-order valence-electron chi connectivity index (χ4n) is 1.78. The van der Waals surface area contributed by atoms with Gasteiger partial charge in [0.25, 0.3) is 5.91 Å². The molecule has 0 fully saturated rings. The molecule has 2 aromatic rings. The minimum absolute atomic E-state index is 0.301. The van der Waals surface area contributed by atoms with Crippen LogP contribution in [0, 0.1) is 11.6 Å². The van der Waals surface area contributed by atoms with Crippen molar-refractivity contribution < 1.29 is 13.6 Å². The molecule has 0 aromatic heterocycles. The van der Waals surface area contributed by atoms with Crippen LogP contribution in [-0.4, -0.2) is 12.5 Å². The van der Waals surface area contributed by atoms with Gasteiger partial charge in [-0.3, -0.25) is 4.79 Å². The molecular formula is C15H12BrF2NO. The van der Waals surface area contributed by atoms with E-state index in [-0.39, 0.29) is 5.56 Å². The Morgan fingerprint density at radius 1 is 1.15 bits per heavy atom. The molecule has 5 heteroatoms. The number of nitrogens with one attached hydrogen (secondary N) is 1. The summed E-state index contributed by atoms with van der Waals surface area (Å²) in [5, 5.41) is 2.58. The SMILES string of the molecule is O=C(NCCc1ccccc1)c1cc(Br)cc(F)c1F. The van der Waals surface area contributed by atoms with Gasteiger partial charge in [0.05, 0.1) is 5.56 Å². The first kappa shape index (κ1) is 14.7. The molecule has 1 amide bonds. The topological polar surface area (TPSA) is 29.1 Å². The van der Waals surface area contributed by atoms with Crippen molar-refractivity contribution in [1.82, 2.24) is 5.32 Å². The lowest BCUT2D eigenvalue weighted by Gasteiger charge is -2.07. The molecule has 1 N–H and O–H groups in total. The van der Waals surface area contributed by atoms with Gasteiger partial charge in [0.1, 0.15) is 0 Å². The number of halogens is 3. The molecule has 0 aliphatic rings. The van der Waals surface area contributed by atoms with E-state index in [0.29, 0.717) is 17.4 Å². The lowest BCUT2D eigenvalue weighted by Crippen LogP contribution is -2.26. The van der Waals surface area contributed by atoms with Crippen LogP contribution in [0.15, 0.2) is 46.9 Å². The zero-order valence-corrected chi connectivity index (χ0v) is 12.1. The summed E-state index contributed by atoms with van der Waals surface area (Å²) >= 11 is 3.03. The minimum Gasteiger partial charge on any atom is -0.352 e. The zero-order valence-electron chi connectivity index (χ0n) is 10.5. The van der Waals surface area contributed by atoms with E-state index >= 15 is 0 Å². The summed E-state index contributed by atoms with van der Waals surface area (Å²) < 4.78 is 27.1. The van der Waals surface area contributed by atoms with Crippen LogP contribution < -0.4 is 5.32 Å². The van der Waals surface area contributed by atoms with E-state index in [0.717, 1.165) is 11.6 Å². The Morgan fingerprint density at radius 3 is 2.55 bits per heavy atom. The van der Waals surface area contributed by atoms with E-state index in [4.69, 9.17) is 0 Å². The van der Waals surface area contributed by atoms with Crippen molar-refractivity contribution in [2.45, 2.75) is 6.42 Å². The minimum atomic E-state index is -1.13. The van der Waals surface area contributed by atoms with E-state index < -0.39 is 17.5 Å². The highest BCUT2D eigenvalue weighted by molar-refractivity contribution is 9.10. The van der Waals surface area contributed by atoms with Gasteiger partial charge in [-0.15, -0.1) is 0 Å². The molecule has 0 radical (unpaired) electrons. The van der Waals surface area contributed by atoms with E-state index in [1.807, 2.05) is 30.3 Å². The third-order valence-corrected chi connectivity index (χ3v) is 3.24. The van der Waals surface area contributed by atoms with Crippen molar-refractivity contribution >= 4 is 21.8 Å². The van der Waals surface area contributed by atoms with Gasteiger partial charge in [0.2, 0.25) is 0 Å². The number of rotatable bonds is 4. The first-order chi connectivity index (χ1) is 9.58. The van der Waals surface area contributed by atoms with Crippen LogP contribution in [-0.2, 0) is 6.42 Å². The van der Waals surface area contributed by atoms with Gasteiger partial charge in [-0.2, -0.15) is 0 Å². The third-order valence-electron chi connectivity index (χ3n) is 2.78. The van der Waals surface area contributed by atoms with E-state index in [1.165, 1.54) is 6.07 Å². The lowest BCUT2D eigenvalue weighted by molar-refractivity contribution is 0.0949. The molecule has 0 saturated carbocycles. The van der Waals surface area contributed by atoms with Crippen molar-refractivity contribution in [3.05, 3.63) is 69.7 Å².